The summed E-state index contributed by atoms with van der Waals surface area (Å²) in [5.74, 6) is 0.205. The van der Waals surface area contributed by atoms with E-state index < -0.39 is 0 Å². The maximum absolute atomic E-state index is 12.1. The SMILES string of the molecule is Cc1ncsc1CCN1CCN([C@@H](C)C(=O)NC2CC2)CC1. The predicted octanol–water partition coefficient (Wildman–Crippen LogP) is 1.28. The third-order valence-electron chi connectivity index (χ3n) is 4.76. The third-order valence-corrected chi connectivity index (χ3v) is 5.75. The molecular weight excluding hydrogens is 296 g/mol. The molecule has 2 heterocycles. The second-order valence-corrected chi connectivity index (χ2v) is 7.39. The summed E-state index contributed by atoms with van der Waals surface area (Å²) < 4.78 is 0. The molecule has 3 rings (SSSR count). The fraction of sp³-hybridized carbons (Fsp3) is 0.750. The fourth-order valence-corrected chi connectivity index (χ4v) is 3.69. The summed E-state index contributed by atoms with van der Waals surface area (Å²) in [6, 6.07) is 0.463. The van der Waals surface area contributed by atoms with Gasteiger partial charge in [-0.2, -0.15) is 0 Å². The van der Waals surface area contributed by atoms with E-state index in [4.69, 9.17) is 0 Å². The van der Waals surface area contributed by atoms with Crippen LogP contribution < -0.4 is 5.32 Å². The smallest absolute Gasteiger partial charge is 0.237 e. The normalized spacial score (nSPS) is 21.7. The molecule has 1 aliphatic heterocycles. The van der Waals surface area contributed by atoms with Gasteiger partial charge in [0.05, 0.1) is 17.2 Å². The van der Waals surface area contributed by atoms with Crippen molar-refractivity contribution in [2.24, 2.45) is 0 Å². The maximum Gasteiger partial charge on any atom is 0.237 e. The van der Waals surface area contributed by atoms with E-state index in [-0.39, 0.29) is 11.9 Å². The molecule has 0 bridgehead atoms. The molecule has 1 aliphatic carbocycles. The Labute approximate surface area is 136 Å². The molecule has 0 unspecified atom stereocenters. The van der Waals surface area contributed by atoms with Gasteiger partial charge >= 0.3 is 0 Å². The van der Waals surface area contributed by atoms with Crippen molar-refractivity contribution >= 4 is 17.2 Å². The number of hydrogen-bond acceptors (Lipinski definition) is 5. The lowest BCUT2D eigenvalue weighted by atomic mass is 10.2. The van der Waals surface area contributed by atoms with Gasteiger partial charge in [-0.05, 0) is 33.1 Å². The number of amides is 1. The molecule has 5 nitrogen and oxygen atoms in total. The Morgan fingerprint density at radius 3 is 2.73 bits per heavy atom. The van der Waals surface area contributed by atoms with Crippen molar-refractivity contribution in [1.29, 1.82) is 0 Å². The monoisotopic (exact) mass is 322 g/mol. The first kappa shape index (κ1) is 15.9. The largest absolute Gasteiger partial charge is 0.352 e. The number of thiazole rings is 1. The van der Waals surface area contributed by atoms with Crippen LogP contribution in [-0.2, 0) is 11.2 Å². The third kappa shape index (κ3) is 4.06. The molecule has 0 radical (unpaired) electrons. The molecule has 0 spiro atoms. The molecule has 1 N–H and O–H groups in total. The standard InChI is InChI=1S/C16H26N4OS/c1-12-15(22-11-17-12)5-6-19-7-9-20(10-8-19)13(2)16(21)18-14-3-4-14/h11,13-14H,3-10H2,1-2H3,(H,18,21)/t13-/m0/s1. The molecule has 2 fully saturated rings. The second-order valence-electron chi connectivity index (χ2n) is 6.45. The maximum atomic E-state index is 12.1. The van der Waals surface area contributed by atoms with Crippen LogP contribution in [0.2, 0.25) is 0 Å². The zero-order valence-electron chi connectivity index (χ0n) is 13.5. The molecule has 122 valence electrons. The van der Waals surface area contributed by atoms with Crippen LogP contribution in [-0.4, -0.2) is 65.5 Å². The first-order valence-corrected chi connectivity index (χ1v) is 9.17. The van der Waals surface area contributed by atoms with E-state index in [1.54, 1.807) is 11.3 Å². The molecule has 22 heavy (non-hydrogen) atoms. The quantitative estimate of drug-likeness (QED) is 0.857. The Kier molecular flexibility index (Phi) is 5.10. The second kappa shape index (κ2) is 7.06. The van der Waals surface area contributed by atoms with Crippen LogP contribution in [0.25, 0.3) is 0 Å². The van der Waals surface area contributed by atoms with Gasteiger partial charge in [0.1, 0.15) is 0 Å². The van der Waals surface area contributed by atoms with Crippen LogP contribution >= 0.6 is 11.3 Å². The molecule has 1 amide bonds. The van der Waals surface area contributed by atoms with Crippen LogP contribution in [0.15, 0.2) is 5.51 Å². The number of carbonyl (C=O) groups excluding carboxylic acids is 1. The number of aryl methyl sites for hydroxylation is 1. The average Bonchev–Trinajstić information content (AvgIpc) is 3.25. The summed E-state index contributed by atoms with van der Waals surface area (Å²) in [6.45, 7) is 9.30. The Bertz CT molecular complexity index is 506. The van der Waals surface area contributed by atoms with Crippen molar-refractivity contribution in [1.82, 2.24) is 20.1 Å². The summed E-state index contributed by atoms with van der Waals surface area (Å²) in [5, 5.41) is 3.11. The highest BCUT2D eigenvalue weighted by Crippen LogP contribution is 2.19. The Morgan fingerprint density at radius 2 is 2.14 bits per heavy atom. The van der Waals surface area contributed by atoms with Crippen molar-refractivity contribution in [3.05, 3.63) is 16.1 Å². The fourth-order valence-electron chi connectivity index (χ4n) is 2.92. The zero-order chi connectivity index (χ0) is 15.5. The highest BCUT2D eigenvalue weighted by atomic mass is 32.1. The van der Waals surface area contributed by atoms with Crippen molar-refractivity contribution in [2.45, 2.75) is 45.2 Å². The highest BCUT2D eigenvalue weighted by molar-refractivity contribution is 7.09. The van der Waals surface area contributed by atoms with Crippen molar-refractivity contribution < 1.29 is 4.79 Å². The molecule has 2 aliphatic rings. The van der Waals surface area contributed by atoms with Crippen LogP contribution in [0.5, 0.6) is 0 Å². The predicted molar refractivity (Wildman–Crippen MR) is 89.2 cm³/mol. The lowest BCUT2D eigenvalue weighted by Gasteiger charge is -2.37. The van der Waals surface area contributed by atoms with E-state index in [1.807, 2.05) is 12.4 Å². The van der Waals surface area contributed by atoms with Gasteiger partial charge in [-0.25, -0.2) is 4.98 Å². The molecule has 1 atom stereocenters. The minimum atomic E-state index is 0.00601. The van der Waals surface area contributed by atoms with Gasteiger partial charge in [-0.1, -0.05) is 0 Å². The number of aromatic nitrogens is 1. The van der Waals surface area contributed by atoms with Crippen molar-refractivity contribution in [2.75, 3.05) is 32.7 Å². The van der Waals surface area contributed by atoms with Gasteiger partial charge in [-0.15, -0.1) is 11.3 Å². The van der Waals surface area contributed by atoms with Gasteiger partial charge in [0.25, 0.3) is 0 Å². The van der Waals surface area contributed by atoms with E-state index in [1.165, 1.54) is 10.6 Å². The summed E-state index contributed by atoms with van der Waals surface area (Å²) >= 11 is 1.76. The minimum absolute atomic E-state index is 0.00601. The highest BCUT2D eigenvalue weighted by Gasteiger charge is 2.29. The number of rotatable bonds is 6. The van der Waals surface area contributed by atoms with E-state index in [2.05, 4.69) is 27.0 Å². The van der Waals surface area contributed by atoms with Gasteiger partial charge in [0.15, 0.2) is 0 Å². The lowest BCUT2D eigenvalue weighted by Crippen LogP contribution is -2.54. The van der Waals surface area contributed by atoms with Gasteiger partial charge < -0.3 is 10.2 Å². The molecule has 1 aromatic rings. The molecule has 1 saturated carbocycles. The Balaban J connectivity index is 1.40. The molecule has 0 aromatic carbocycles. The topological polar surface area (TPSA) is 48.5 Å². The van der Waals surface area contributed by atoms with Crippen LogP contribution in [0.1, 0.15) is 30.3 Å². The van der Waals surface area contributed by atoms with Gasteiger partial charge in [0.2, 0.25) is 5.91 Å². The van der Waals surface area contributed by atoms with Crippen LogP contribution in [0.3, 0.4) is 0 Å². The zero-order valence-corrected chi connectivity index (χ0v) is 14.4. The first-order chi connectivity index (χ1) is 10.6. The summed E-state index contributed by atoms with van der Waals surface area (Å²) in [4.78, 5) is 22.6. The number of nitrogens with zero attached hydrogens (tertiary/aromatic N) is 3. The number of hydrogen-bond donors (Lipinski definition) is 1. The van der Waals surface area contributed by atoms with Crippen LogP contribution in [0.4, 0.5) is 0 Å². The summed E-state index contributed by atoms with van der Waals surface area (Å²) in [6.07, 6.45) is 3.40. The Hall–Kier alpha value is -0.980. The molecule has 6 heteroatoms. The number of piperazine rings is 1. The summed E-state index contributed by atoms with van der Waals surface area (Å²) in [5.41, 5.74) is 3.11. The van der Waals surface area contributed by atoms with E-state index >= 15 is 0 Å². The van der Waals surface area contributed by atoms with Crippen LogP contribution in [0, 0.1) is 6.92 Å². The van der Waals surface area contributed by atoms with Crippen molar-refractivity contribution in [3.63, 3.8) is 0 Å². The molecule has 1 aromatic heterocycles. The first-order valence-electron chi connectivity index (χ1n) is 8.29. The van der Waals surface area contributed by atoms with E-state index in [0.717, 1.165) is 52.0 Å². The van der Waals surface area contributed by atoms with Gasteiger partial charge in [0, 0.05) is 43.6 Å². The average molecular weight is 322 g/mol. The summed E-state index contributed by atoms with van der Waals surface area (Å²) in [7, 11) is 0. The van der Waals surface area contributed by atoms with E-state index in [0.29, 0.717) is 6.04 Å². The molecular formula is C16H26N4OS. The van der Waals surface area contributed by atoms with Gasteiger partial charge in [-0.3, -0.25) is 9.69 Å². The number of carbonyl (C=O) groups is 1. The molecule has 1 saturated heterocycles. The lowest BCUT2D eigenvalue weighted by molar-refractivity contribution is -0.126. The van der Waals surface area contributed by atoms with Crippen molar-refractivity contribution in [3.8, 4) is 0 Å². The Morgan fingerprint density at radius 1 is 1.41 bits per heavy atom. The number of nitrogens with one attached hydrogen (secondary N) is 1. The van der Waals surface area contributed by atoms with E-state index in [9.17, 15) is 4.79 Å². The minimum Gasteiger partial charge on any atom is -0.352 e.